The van der Waals surface area contributed by atoms with Gasteiger partial charge in [-0.05, 0) is 48.9 Å². The van der Waals surface area contributed by atoms with E-state index in [1.54, 1.807) is 13.2 Å². The van der Waals surface area contributed by atoms with Crippen LogP contribution < -0.4 is 9.47 Å². The van der Waals surface area contributed by atoms with Crippen LogP contribution in [-0.4, -0.2) is 7.11 Å². The molecular weight excluding hydrogens is 200 g/mol. The summed E-state index contributed by atoms with van der Waals surface area (Å²) in [5, 5.41) is 0. The molecule has 81 valence electrons. The zero-order valence-electron chi connectivity index (χ0n) is 9.36. The zero-order chi connectivity index (χ0) is 11.4. The summed E-state index contributed by atoms with van der Waals surface area (Å²) in [6.07, 6.45) is 0. The summed E-state index contributed by atoms with van der Waals surface area (Å²) in [5.41, 5.74) is 1.06. The van der Waals surface area contributed by atoms with Crippen molar-refractivity contribution in [2.24, 2.45) is 0 Å². The van der Waals surface area contributed by atoms with E-state index < -0.39 is 0 Å². The van der Waals surface area contributed by atoms with Crippen molar-refractivity contribution in [2.45, 2.75) is 6.92 Å². The van der Waals surface area contributed by atoms with Crippen LogP contribution in [0.3, 0.4) is 0 Å². The third-order valence-electron chi connectivity index (χ3n) is 2.28. The van der Waals surface area contributed by atoms with Gasteiger partial charge < -0.3 is 9.47 Å². The van der Waals surface area contributed by atoms with Crippen LogP contribution in [0.1, 0.15) is 5.56 Å². The molecule has 16 heavy (non-hydrogen) atoms. The fourth-order valence-electron chi connectivity index (χ4n) is 1.49. The maximum absolute atomic E-state index is 5.67. The molecule has 0 bridgehead atoms. The molecule has 2 heteroatoms. The van der Waals surface area contributed by atoms with Gasteiger partial charge in [0, 0.05) is 0 Å². The van der Waals surface area contributed by atoms with E-state index in [9.17, 15) is 0 Å². The van der Waals surface area contributed by atoms with Gasteiger partial charge in [-0.25, -0.2) is 0 Å². The number of aryl methyl sites for hydroxylation is 1. The summed E-state index contributed by atoms with van der Waals surface area (Å²) >= 11 is 0. The molecular formula is C14H13O2. The molecule has 0 saturated heterocycles. The predicted molar refractivity (Wildman–Crippen MR) is 63.1 cm³/mol. The lowest BCUT2D eigenvalue weighted by molar-refractivity contribution is 0.409. The van der Waals surface area contributed by atoms with Crippen molar-refractivity contribution in [3.8, 4) is 17.2 Å². The molecule has 2 rings (SSSR count). The Morgan fingerprint density at radius 1 is 1.12 bits per heavy atom. The second-order valence-corrected chi connectivity index (χ2v) is 3.47. The average Bonchev–Trinajstić information content (AvgIpc) is 2.31. The molecule has 0 fully saturated rings. The molecule has 0 N–H and O–H groups in total. The summed E-state index contributed by atoms with van der Waals surface area (Å²) in [7, 11) is 1.66. The Labute approximate surface area is 95.4 Å². The van der Waals surface area contributed by atoms with Gasteiger partial charge in [-0.3, -0.25) is 0 Å². The Morgan fingerprint density at radius 2 is 2.00 bits per heavy atom. The lowest BCUT2D eigenvalue weighted by Crippen LogP contribution is -1.89. The second kappa shape index (κ2) is 4.71. The minimum atomic E-state index is 0.784. The Kier molecular flexibility index (Phi) is 3.10. The highest BCUT2D eigenvalue weighted by Crippen LogP contribution is 2.26. The van der Waals surface area contributed by atoms with Crippen molar-refractivity contribution >= 4 is 0 Å². The van der Waals surface area contributed by atoms with Crippen LogP contribution >= 0.6 is 0 Å². The van der Waals surface area contributed by atoms with E-state index in [0.29, 0.717) is 0 Å². The molecule has 0 aromatic heterocycles. The van der Waals surface area contributed by atoms with Crippen LogP contribution in [0.4, 0.5) is 0 Å². The first kappa shape index (κ1) is 10.6. The second-order valence-electron chi connectivity index (χ2n) is 3.47. The predicted octanol–water partition coefficient (Wildman–Crippen LogP) is 3.60. The van der Waals surface area contributed by atoms with Gasteiger partial charge in [0.25, 0.3) is 0 Å². The molecule has 0 heterocycles. The third kappa shape index (κ3) is 2.34. The molecule has 0 aliphatic rings. The number of hydrogen-bond donors (Lipinski definition) is 0. The minimum Gasteiger partial charge on any atom is -0.496 e. The van der Waals surface area contributed by atoms with Crippen molar-refractivity contribution in [3.63, 3.8) is 0 Å². The van der Waals surface area contributed by atoms with Gasteiger partial charge >= 0.3 is 0 Å². The van der Waals surface area contributed by atoms with E-state index in [1.807, 2.05) is 43.3 Å². The summed E-state index contributed by atoms with van der Waals surface area (Å²) in [5.74, 6) is 2.46. The average molecular weight is 213 g/mol. The Bertz CT molecular complexity index is 463. The van der Waals surface area contributed by atoms with E-state index in [-0.39, 0.29) is 0 Å². The van der Waals surface area contributed by atoms with Gasteiger partial charge in [-0.15, -0.1) is 0 Å². The minimum absolute atomic E-state index is 0.784. The lowest BCUT2D eigenvalue weighted by Gasteiger charge is -2.08. The maximum atomic E-state index is 5.67. The Hall–Kier alpha value is -1.96. The fourth-order valence-corrected chi connectivity index (χ4v) is 1.49. The summed E-state index contributed by atoms with van der Waals surface area (Å²) in [4.78, 5) is 0. The highest BCUT2D eigenvalue weighted by atomic mass is 16.5. The molecule has 2 nitrogen and oxygen atoms in total. The molecule has 0 aliphatic heterocycles. The smallest absolute Gasteiger partial charge is 0.128 e. The summed E-state index contributed by atoms with van der Waals surface area (Å²) in [6.45, 7) is 1.99. The summed E-state index contributed by atoms with van der Waals surface area (Å²) in [6, 6.07) is 16.1. The normalized spacial score (nSPS) is 9.88. The van der Waals surface area contributed by atoms with E-state index in [1.165, 1.54) is 0 Å². The quantitative estimate of drug-likeness (QED) is 0.775. The highest BCUT2D eigenvalue weighted by Gasteiger charge is 2.01. The summed E-state index contributed by atoms with van der Waals surface area (Å²) < 4.78 is 10.9. The largest absolute Gasteiger partial charge is 0.496 e. The number of hydrogen-bond acceptors (Lipinski definition) is 2. The molecule has 0 saturated carbocycles. The van der Waals surface area contributed by atoms with Crippen molar-refractivity contribution in [3.05, 3.63) is 54.1 Å². The molecule has 1 radical (unpaired) electrons. The molecule has 2 aromatic carbocycles. The van der Waals surface area contributed by atoms with Crippen molar-refractivity contribution in [2.75, 3.05) is 7.11 Å². The fraction of sp³-hybridized carbons (Fsp3) is 0.143. The van der Waals surface area contributed by atoms with E-state index in [0.717, 1.165) is 22.8 Å². The van der Waals surface area contributed by atoms with Crippen LogP contribution in [0, 0.1) is 13.0 Å². The standard InChI is InChI=1S/C14H13O2/c1-11-10-13(8-9-14(11)15-2)16-12-6-4-3-5-7-12/h3-4,6-10H,1-2H3. The number of methoxy groups -OCH3 is 1. The van der Waals surface area contributed by atoms with Gasteiger partial charge in [-0.2, -0.15) is 0 Å². The molecule has 0 atom stereocenters. The van der Waals surface area contributed by atoms with E-state index in [4.69, 9.17) is 9.47 Å². The molecule has 2 aromatic rings. The molecule has 0 amide bonds. The highest BCUT2D eigenvalue weighted by molar-refractivity contribution is 5.41. The first-order chi connectivity index (χ1) is 7.79. The van der Waals surface area contributed by atoms with Crippen LogP contribution in [0.15, 0.2) is 42.5 Å². The molecule has 0 spiro atoms. The van der Waals surface area contributed by atoms with Crippen LogP contribution in [-0.2, 0) is 0 Å². The Morgan fingerprint density at radius 3 is 2.62 bits per heavy atom. The van der Waals surface area contributed by atoms with Crippen molar-refractivity contribution in [1.29, 1.82) is 0 Å². The van der Waals surface area contributed by atoms with Crippen LogP contribution in [0.5, 0.6) is 17.2 Å². The maximum Gasteiger partial charge on any atom is 0.128 e. The molecule has 0 unspecified atom stereocenters. The van der Waals surface area contributed by atoms with Crippen LogP contribution in [0.25, 0.3) is 0 Å². The first-order valence-electron chi connectivity index (χ1n) is 5.08. The van der Waals surface area contributed by atoms with Gasteiger partial charge in [0.05, 0.1) is 7.11 Å². The third-order valence-corrected chi connectivity index (χ3v) is 2.28. The first-order valence-corrected chi connectivity index (χ1v) is 5.08. The SMILES string of the molecule is COc1ccc(Oc2c[c]ccc2)cc1C. The number of rotatable bonds is 3. The van der Waals surface area contributed by atoms with Crippen molar-refractivity contribution in [1.82, 2.24) is 0 Å². The van der Waals surface area contributed by atoms with Gasteiger partial charge in [-0.1, -0.05) is 12.1 Å². The number of benzene rings is 2. The molecule has 0 aliphatic carbocycles. The zero-order valence-corrected chi connectivity index (χ0v) is 9.36. The Balaban J connectivity index is 2.20. The van der Waals surface area contributed by atoms with Crippen molar-refractivity contribution < 1.29 is 9.47 Å². The topological polar surface area (TPSA) is 18.5 Å². The van der Waals surface area contributed by atoms with Gasteiger partial charge in [0.2, 0.25) is 0 Å². The van der Waals surface area contributed by atoms with Gasteiger partial charge in [0.1, 0.15) is 17.2 Å². The van der Waals surface area contributed by atoms with E-state index >= 15 is 0 Å². The van der Waals surface area contributed by atoms with E-state index in [2.05, 4.69) is 6.07 Å². The van der Waals surface area contributed by atoms with Gasteiger partial charge in [0.15, 0.2) is 0 Å². The monoisotopic (exact) mass is 213 g/mol. The lowest BCUT2D eigenvalue weighted by atomic mass is 10.2. The van der Waals surface area contributed by atoms with Crippen LogP contribution in [0.2, 0.25) is 0 Å². The number of ether oxygens (including phenoxy) is 2.